The number of piperidine rings is 2. The molecule has 3 amide bonds. The van der Waals surface area contributed by atoms with Crippen LogP contribution in [0.25, 0.3) is 16.6 Å². The molecule has 3 saturated heterocycles. The first-order valence-electron chi connectivity index (χ1n) is 22.3. The van der Waals surface area contributed by atoms with Gasteiger partial charge in [-0.1, -0.05) is 17.9 Å². The number of imidazole rings is 1. The molecule has 0 radical (unpaired) electrons. The molecule has 1 unspecified atom stereocenters. The predicted octanol–water partition coefficient (Wildman–Crippen LogP) is 4.71. The van der Waals surface area contributed by atoms with Crippen LogP contribution in [0.4, 0.5) is 14.5 Å². The number of aromatic nitrogens is 4. The van der Waals surface area contributed by atoms with E-state index in [1.54, 1.807) is 17.8 Å². The Kier molecular flexibility index (Phi) is 12.0. The molecular weight excluding hydrogens is 811 g/mol. The van der Waals surface area contributed by atoms with E-state index in [4.69, 9.17) is 4.74 Å². The summed E-state index contributed by atoms with van der Waals surface area (Å²) in [6.07, 6.45) is 6.73. The zero-order valence-electron chi connectivity index (χ0n) is 35.9. The second kappa shape index (κ2) is 17.8. The van der Waals surface area contributed by atoms with Gasteiger partial charge in [-0.25, -0.2) is 23.1 Å². The molecule has 3 aromatic heterocycles. The molecule has 15 nitrogen and oxygen atoms in total. The van der Waals surface area contributed by atoms with E-state index in [9.17, 15) is 28.0 Å². The van der Waals surface area contributed by atoms with Crippen molar-refractivity contribution in [2.45, 2.75) is 102 Å². The number of carbonyl (C=O) groups is 3. The lowest BCUT2D eigenvalue weighted by atomic mass is 9.80. The van der Waals surface area contributed by atoms with Gasteiger partial charge in [-0.3, -0.25) is 33.8 Å². The molecule has 1 aliphatic carbocycles. The highest BCUT2D eigenvalue weighted by atomic mass is 19.3. The normalized spacial score (nSPS) is 26.2. The molecule has 63 heavy (non-hydrogen) atoms. The molecular formula is C46H54F2N10O5. The van der Waals surface area contributed by atoms with Crippen molar-refractivity contribution in [3.05, 3.63) is 64.3 Å². The molecule has 4 aromatic rings. The summed E-state index contributed by atoms with van der Waals surface area (Å²) < 4.78 is 39.1. The number of nitrogens with zero attached hydrogens (tertiary/aromatic N) is 8. The van der Waals surface area contributed by atoms with Crippen LogP contribution in [-0.2, 0) is 21.4 Å². The molecule has 4 atom stereocenters. The SMILES string of the molecule is C[C@@H]1CN(c2ccn3ncc(C(=O)NC4=N[C@@H](C5CCC(CN6CCC(CC#Cc7cccc8c7n(C)c(=O)n8C7CCC(=O)NC7=O)CC6)CC5)N=C4C(F)F)c3c2)C[C@@H](C)O1. The van der Waals surface area contributed by atoms with E-state index in [1.165, 1.54) is 15.3 Å². The number of hydrogen-bond acceptors (Lipinski definition) is 10. The Balaban J connectivity index is 0.763. The topological polar surface area (TPSA) is 160 Å². The van der Waals surface area contributed by atoms with Crippen LogP contribution in [0.5, 0.6) is 0 Å². The molecule has 0 spiro atoms. The Morgan fingerprint density at radius 2 is 1.73 bits per heavy atom. The number of aryl methyl sites for hydroxylation is 1. The number of alkyl halides is 2. The zero-order valence-corrected chi connectivity index (χ0v) is 35.9. The van der Waals surface area contributed by atoms with Crippen molar-refractivity contribution in [1.82, 2.24) is 34.3 Å². The summed E-state index contributed by atoms with van der Waals surface area (Å²) in [5, 5.41) is 9.36. The smallest absolute Gasteiger partial charge is 0.329 e. The maximum absolute atomic E-state index is 14.3. The van der Waals surface area contributed by atoms with Gasteiger partial charge in [0.15, 0.2) is 5.84 Å². The van der Waals surface area contributed by atoms with Gasteiger partial charge in [0.25, 0.3) is 12.3 Å². The van der Waals surface area contributed by atoms with Gasteiger partial charge in [0.2, 0.25) is 11.8 Å². The Labute approximate surface area is 363 Å². The molecule has 4 fully saturated rings. The van der Waals surface area contributed by atoms with Crippen LogP contribution in [0.3, 0.4) is 0 Å². The number of anilines is 1. The maximum Gasteiger partial charge on any atom is 0.329 e. The maximum atomic E-state index is 14.3. The average Bonchev–Trinajstić information content (AvgIpc) is 3.96. The van der Waals surface area contributed by atoms with Crippen molar-refractivity contribution in [3.8, 4) is 11.8 Å². The van der Waals surface area contributed by atoms with E-state index >= 15 is 0 Å². The lowest BCUT2D eigenvalue weighted by Gasteiger charge is -2.36. The number of hydrogen-bond donors (Lipinski definition) is 2. The van der Waals surface area contributed by atoms with E-state index in [-0.39, 0.29) is 54.0 Å². The summed E-state index contributed by atoms with van der Waals surface area (Å²) >= 11 is 0. The first-order valence-corrected chi connectivity index (χ1v) is 22.3. The highest BCUT2D eigenvalue weighted by Crippen LogP contribution is 2.36. The second-order valence-electron chi connectivity index (χ2n) is 18.0. The van der Waals surface area contributed by atoms with Gasteiger partial charge in [0.05, 0.1) is 46.1 Å². The standard InChI is InChI=1S/C46H54F2N10O5/c1-27-24-56(25-28(2)63-27)33-18-21-57-37(22-33)34(23-49-57)44(60)53-43-39(41(47)48)51-42(52-43)32-12-10-30(11-13-32)26-55-19-16-29(17-20-55)6-4-7-31-8-5-9-35-40(31)54(3)46(62)58(35)36-14-15-38(59)50-45(36)61/h5,8-9,18,21-23,27-30,32,36,41-42H,6,10-17,19-20,24-26H2,1-3H3,(H,50,59,61)(H,52,53,60)/t27-,28-,30?,32?,36?,42+/m1/s1. The van der Waals surface area contributed by atoms with Crippen LogP contribution in [0.2, 0.25) is 0 Å². The second-order valence-corrected chi connectivity index (χ2v) is 18.0. The molecule has 7 heterocycles. The van der Waals surface area contributed by atoms with Crippen molar-refractivity contribution in [2.75, 3.05) is 37.6 Å². The summed E-state index contributed by atoms with van der Waals surface area (Å²) in [7, 11) is 1.69. The van der Waals surface area contributed by atoms with Gasteiger partial charge < -0.3 is 19.9 Å². The number of nitrogens with one attached hydrogen (secondary N) is 2. The van der Waals surface area contributed by atoms with Crippen molar-refractivity contribution < 1.29 is 27.9 Å². The van der Waals surface area contributed by atoms with E-state index in [2.05, 4.69) is 47.4 Å². The highest BCUT2D eigenvalue weighted by Gasteiger charge is 2.37. The van der Waals surface area contributed by atoms with Crippen LogP contribution < -0.4 is 21.2 Å². The molecule has 17 heteroatoms. The molecule has 332 valence electrons. The number of fused-ring (bicyclic) bond motifs is 2. The van der Waals surface area contributed by atoms with Crippen molar-refractivity contribution >= 4 is 51.5 Å². The third-order valence-electron chi connectivity index (χ3n) is 13.5. The number of ether oxygens (including phenoxy) is 1. The summed E-state index contributed by atoms with van der Waals surface area (Å²) in [4.78, 5) is 64.9. The first-order chi connectivity index (χ1) is 30.4. The number of benzene rings is 1. The van der Waals surface area contributed by atoms with Crippen molar-refractivity contribution in [1.29, 1.82) is 0 Å². The molecule has 5 aliphatic rings. The Bertz CT molecular complexity index is 2590. The molecule has 1 saturated carbocycles. The van der Waals surface area contributed by atoms with E-state index < -0.39 is 36.2 Å². The summed E-state index contributed by atoms with van der Waals surface area (Å²) in [5.41, 5.74) is 3.03. The van der Waals surface area contributed by atoms with Crippen LogP contribution in [0.15, 0.2) is 57.5 Å². The third-order valence-corrected chi connectivity index (χ3v) is 13.5. The number of morpholine rings is 1. The number of para-hydroxylation sites is 1. The number of likely N-dealkylation sites (tertiary alicyclic amines) is 1. The number of aliphatic imine (C=N–C) groups is 2. The first kappa shape index (κ1) is 42.6. The fraction of sp³-hybridized carbons (Fsp3) is 0.543. The molecule has 9 rings (SSSR count). The Hall–Kier alpha value is -5.73. The lowest BCUT2D eigenvalue weighted by Crippen LogP contribution is -2.45. The minimum Gasteiger partial charge on any atom is -0.372 e. The van der Waals surface area contributed by atoms with Gasteiger partial charge in [-0.05, 0) is 108 Å². The summed E-state index contributed by atoms with van der Waals surface area (Å²) in [6, 6.07) is 8.66. The number of pyridine rings is 1. The van der Waals surface area contributed by atoms with Crippen molar-refractivity contribution in [2.24, 2.45) is 34.8 Å². The predicted molar refractivity (Wildman–Crippen MR) is 234 cm³/mol. The minimum atomic E-state index is -2.87. The molecule has 1 aromatic carbocycles. The number of rotatable bonds is 8. The van der Waals surface area contributed by atoms with Gasteiger partial charge in [-0.2, -0.15) is 5.10 Å². The Morgan fingerprint density at radius 3 is 2.46 bits per heavy atom. The summed E-state index contributed by atoms with van der Waals surface area (Å²) in [5.74, 6) is 6.18. The number of amidine groups is 1. The average molecular weight is 865 g/mol. The minimum absolute atomic E-state index is 0.0239. The van der Waals surface area contributed by atoms with Gasteiger partial charge in [0.1, 0.15) is 17.9 Å². The van der Waals surface area contributed by atoms with Crippen LogP contribution in [0, 0.1) is 29.6 Å². The van der Waals surface area contributed by atoms with Crippen molar-refractivity contribution in [3.63, 3.8) is 0 Å². The number of carbonyl (C=O) groups excluding carboxylic acids is 3. The molecule has 0 bridgehead atoms. The van der Waals surface area contributed by atoms with Crippen LogP contribution >= 0.6 is 0 Å². The summed E-state index contributed by atoms with van der Waals surface area (Å²) in [6.45, 7) is 8.45. The Morgan fingerprint density at radius 1 is 0.968 bits per heavy atom. The van der Waals surface area contributed by atoms with E-state index in [0.29, 0.717) is 41.5 Å². The highest BCUT2D eigenvalue weighted by molar-refractivity contribution is 6.46. The number of imide groups is 1. The van der Waals surface area contributed by atoms with Gasteiger partial charge in [0, 0.05) is 57.3 Å². The monoisotopic (exact) mass is 864 g/mol. The van der Waals surface area contributed by atoms with Crippen LogP contribution in [0.1, 0.15) is 93.6 Å². The fourth-order valence-corrected chi connectivity index (χ4v) is 10.3. The number of amides is 3. The molecule has 2 N–H and O–H groups in total. The zero-order chi connectivity index (χ0) is 43.9. The number of halogens is 2. The van der Waals surface area contributed by atoms with Gasteiger partial charge in [-0.15, -0.1) is 0 Å². The largest absolute Gasteiger partial charge is 0.372 e. The fourth-order valence-electron chi connectivity index (χ4n) is 10.3. The van der Waals surface area contributed by atoms with E-state index in [0.717, 1.165) is 75.8 Å². The van der Waals surface area contributed by atoms with E-state index in [1.807, 2.05) is 44.2 Å². The third kappa shape index (κ3) is 8.80. The molecule has 4 aliphatic heterocycles. The quantitative estimate of drug-likeness (QED) is 0.190. The van der Waals surface area contributed by atoms with Gasteiger partial charge >= 0.3 is 5.69 Å². The lowest BCUT2D eigenvalue weighted by molar-refractivity contribution is -0.135. The van der Waals surface area contributed by atoms with Crippen LogP contribution in [-0.4, -0.2) is 110 Å².